The molecule has 0 aliphatic carbocycles. The molecule has 27 heavy (non-hydrogen) atoms. The fourth-order valence-electron chi connectivity index (χ4n) is 3.81. The normalized spacial score (nSPS) is 22.3. The lowest BCUT2D eigenvalue weighted by Gasteiger charge is -2.33. The van der Waals surface area contributed by atoms with Gasteiger partial charge < -0.3 is 25.6 Å². The summed E-state index contributed by atoms with van der Waals surface area (Å²) in [6.45, 7) is 3.28. The minimum absolute atomic E-state index is 0.0450. The van der Waals surface area contributed by atoms with E-state index < -0.39 is 0 Å². The van der Waals surface area contributed by atoms with Crippen molar-refractivity contribution < 1.29 is 14.3 Å². The van der Waals surface area contributed by atoms with Gasteiger partial charge >= 0.3 is 0 Å². The number of hydrogen-bond donors (Lipinski definition) is 3. The fourth-order valence-corrected chi connectivity index (χ4v) is 3.81. The zero-order valence-corrected chi connectivity index (χ0v) is 16.0. The Morgan fingerprint density at radius 2 is 2.11 bits per heavy atom. The van der Waals surface area contributed by atoms with Gasteiger partial charge in [-0.2, -0.15) is 0 Å². The molecular weight excluding hydrogens is 344 g/mol. The van der Waals surface area contributed by atoms with Crippen LogP contribution >= 0.6 is 0 Å². The first-order valence-corrected chi connectivity index (χ1v) is 9.83. The van der Waals surface area contributed by atoms with E-state index in [2.05, 4.69) is 16.0 Å². The van der Waals surface area contributed by atoms with Crippen molar-refractivity contribution in [1.82, 2.24) is 15.5 Å². The number of likely N-dealkylation sites (tertiary alicyclic amines) is 1. The Morgan fingerprint density at radius 1 is 1.26 bits per heavy atom. The van der Waals surface area contributed by atoms with Crippen molar-refractivity contribution in [3.8, 4) is 5.75 Å². The van der Waals surface area contributed by atoms with Crippen LogP contribution in [0.3, 0.4) is 0 Å². The van der Waals surface area contributed by atoms with Crippen LogP contribution in [0.2, 0.25) is 0 Å². The second-order valence-electron chi connectivity index (χ2n) is 7.30. The van der Waals surface area contributed by atoms with Crippen molar-refractivity contribution in [2.24, 2.45) is 5.92 Å². The first-order valence-electron chi connectivity index (χ1n) is 9.83. The molecule has 0 radical (unpaired) electrons. The first kappa shape index (κ1) is 19.5. The number of methoxy groups -OCH3 is 1. The number of piperidine rings is 1. The van der Waals surface area contributed by atoms with Gasteiger partial charge in [-0.05, 0) is 50.3 Å². The minimum Gasteiger partial charge on any atom is -0.495 e. The molecule has 2 unspecified atom stereocenters. The standard InChI is InChI=1S/C20H30N4O3/c1-27-18-9-3-2-7-16(18)22-13-19(25)24-11-5-6-15(14-24)12-23-20(26)17-8-4-10-21-17/h2-3,7,9,15,17,21-22H,4-6,8,10-14H2,1H3,(H,23,26). The number of anilines is 1. The number of amides is 2. The molecule has 0 bridgehead atoms. The molecule has 7 heteroatoms. The molecule has 0 saturated carbocycles. The maximum atomic E-state index is 12.6. The van der Waals surface area contributed by atoms with Crippen molar-refractivity contribution >= 4 is 17.5 Å². The highest BCUT2D eigenvalue weighted by Gasteiger charge is 2.26. The highest BCUT2D eigenvalue weighted by atomic mass is 16.5. The Morgan fingerprint density at radius 3 is 2.89 bits per heavy atom. The Labute approximate surface area is 160 Å². The molecule has 3 N–H and O–H groups in total. The summed E-state index contributed by atoms with van der Waals surface area (Å²) in [7, 11) is 1.62. The molecule has 2 fully saturated rings. The van der Waals surface area contributed by atoms with E-state index in [1.54, 1.807) is 7.11 Å². The predicted molar refractivity (Wildman–Crippen MR) is 105 cm³/mol. The number of ether oxygens (including phenoxy) is 1. The summed E-state index contributed by atoms with van der Waals surface area (Å²) in [5.41, 5.74) is 0.818. The third-order valence-electron chi connectivity index (χ3n) is 5.35. The van der Waals surface area contributed by atoms with Gasteiger partial charge in [-0.1, -0.05) is 12.1 Å². The lowest BCUT2D eigenvalue weighted by Crippen LogP contribution is -2.47. The Kier molecular flexibility index (Phi) is 6.92. The second kappa shape index (κ2) is 9.60. The van der Waals surface area contributed by atoms with E-state index in [1.165, 1.54) is 0 Å². The third-order valence-corrected chi connectivity index (χ3v) is 5.35. The Hall–Kier alpha value is -2.28. The van der Waals surface area contributed by atoms with Gasteiger partial charge in [0.05, 0.1) is 25.4 Å². The zero-order chi connectivity index (χ0) is 19.1. The molecule has 7 nitrogen and oxygen atoms in total. The van der Waals surface area contributed by atoms with Gasteiger partial charge in [0.25, 0.3) is 0 Å². The Balaban J connectivity index is 1.44. The van der Waals surface area contributed by atoms with Crippen LogP contribution in [0.1, 0.15) is 25.7 Å². The van der Waals surface area contributed by atoms with Gasteiger partial charge in [-0.3, -0.25) is 9.59 Å². The van der Waals surface area contributed by atoms with E-state index in [0.29, 0.717) is 19.0 Å². The monoisotopic (exact) mass is 374 g/mol. The maximum Gasteiger partial charge on any atom is 0.241 e. The average Bonchev–Trinajstić information content (AvgIpc) is 3.25. The van der Waals surface area contributed by atoms with Crippen LogP contribution in [-0.4, -0.2) is 62.6 Å². The lowest BCUT2D eigenvalue weighted by atomic mass is 9.97. The molecule has 2 atom stereocenters. The smallest absolute Gasteiger partial charge is 0.241 e. The van der Waals surface area contributed by atoms with Gasteiger partial charge in [-0.25, -0.2) is 0 Å². The van der Waals surface area contributed by atoms with E-state index in [0.717, 1.165) is 50.2 Å². The highest BCUT2D eigenvalue weighted by molar-refractivity contribution is 5.82. The number of hydrogen-bond acceptors (Lipinski definition) is 5. The average molecular weight is 374 g/mol. The van der Waals surface area contributed by atoms with Crippen LogP contribution in [0, 0.1) is 5.92 Å². The predicted octanol–water partition coefficient (Wildman–Crippen LogP) is 1.21. The van der Waals surface area contributed by atoms with Crippen molar-refractivity contribution in [2.75, 3.05) is 45.2 Å². The molecular formula is C20H30N4O3. The summed E-state index contributed by atoms with van der Waals surface area (Å²) in [4.78, 5) is 26.6. The quantitative estimate of drug-likeness (QED) is 0.668. The van der Waals surface area contributed by atoms with Gasteiger partial charge in [0, 0.05) is 19.6 Å². The summed E-state index contributed by atoms with van der Waals surface area (Å²) in [5.74, 6) is 1.22. The largest absolute Gasteiger partial charge is 0.495 e. The fraction of sp³-hybridized carbons (Fsp3) is 0.600. The molecule has 148 valence electrons. The number of carbonyl (C=O) groups excluding carboxylic acids is 2. The molecule has 2 heterocycles. The molecule has 2 saturated heterocycles. The highest BCUT2D eigenvalue weighted by Crippen LogP contribution is 2.23. The van der Waals surface area contributed by atoms with Crippen molar-refractivity contribution in [1.29, 1.82) is 0 Å². The molecule has 2 amide bonds. The van der Waals surface area contributed by atoms with Crippen LogP contribution in [-0.2, 0) is 9.59 Å². The van der Waals surface area contributed by atoms with Crippen molar-refractivity contribution in [3.05, 3.63) is 24.3 Å². The summed E-state index contributed by atoms with van der Waals surface area (Å²) < 4.78 is 5.30. The number of para-hydroxylation sites is 2. The summed E-state index contributed by atoms with van der Waals surface area (Å²) in [5, 5.41) is 9.44. The minimum atomic E-state index is -0.0450. The molecule has 3 rings (SSSR count). The lowest BCUT2D eigenvalue weighted by molar-refractivity contribution is -0.131. The van der Waals surface area contributed by atoms with Crippen LogP contribution in [0.4, 0.5) is 5.69 Å². The number of nitrogens with one attached hydrogen (secondary N) is 3. The second-order valence-corrected chi connectivity index (χ2v) is 7.30. The molecule has 2 aliphatic heterocycles. The molecule has 0 spiro atoms. The summed E-state index contributed by atoms with van der Waals surface area (Å²) in [6.07, 6.45) is 3.99. The van der Waals surface area contributed by atoms with Crippen LogP contribution in [0.25, 0.3) is 0 Å². The molecule has 0 aromatic heterocycles. The van der Waals surface area contributed by atoms with Crippen molar-refractivity contribution in [3.63, 3.8) is 0 Å². The number of carbonyl (C=O) groups is 2. The van der Waals surface area contributed by atoms with Gasteiger partial charge in [-0.15, -0.1) is 0 Å². The topological polar surface area (TPSA) is 82.7 Å². The molecule has 1 aromatic rings. The van der Waals surface area contributed by atoms with E-state index in [-0.39, 0.29) is 24.4 Å². The number of benzene rings is 1. The molecule has 1 aromatic carbocycles. The van der Waals surface area contributed by atoms with E-state index in [1.807, 2.05) is 29.2 Å². The van der Waals surface area contributed by atoms with Crippen molar-refractivity contribution in [2.45, 2.75) is 31.7 Å². The number of rotatable bonds is 7. The van der Waals surface area contributed by atoms with Gasteiger partial charge in [0.1, 0.15) is 5.75 Å². The van der Waals surface area contributed by atoms with Crippen LogP contribution in [0.5, 0.6) is 5.75 Å². The zero-order valence-electron chi connectivity index (χ0n) is 16.0. The summed E-state index contributed by atoms with van der Waals surface area (Å²) in [6, 6.07) is 7.53. The van der Waals surface area contributed by atoms with E-state index in [9.17, 15) is 9.59 Å². The van der Waals surface area contributed by atoms with Crippen LogP contribution < -0.4 is 20.7 Å². The van der Waals surface area contributed by atoms with Crippen LogP contribution in [0.15, 0.2) is 24.3 Å². The van der Waals surface area contributed by atoms with E-state index in [4.69, 9.17) is 4.74 Å². The van der Waals surface area contributed by atoms with Gasteiger partial charge in [0.2, 0.25) is 11.8 Å². The van der Waals surface area contributed by atoms with E-state index >= 15 is 0 Å². The maximum absolute atomic E-state index is 12.6. The SMILES string of the molecule is COc1ccccc1NCC(=O)N1CCCC(CNC(=O)C2CCCN2)C1. The Bertz CT molecular complexity index is 646. The first-order chi connectivity index (χ1) is 13.2. The van der Waals surface area contributed by atoms with Gasteiger partial charge in [0.15, 0.2) is 0 Å². The number of nitrogens with zero attached hydrogens (tertiary/aromatic N) is 1. The third kappa shape index (κ3) is 5.35. The molecule has 2 aliphatic rings. The summed E-state index contributed by atoms with van der Waals surface area (Å²) >= 11 is 0.